The summed E-state index contributed by atoms with van der Waals surface area (Å²) in [6, 6.07) is 0.626. The van der Waals surface area contributed by atoms with E-state index in [1.807, 2.05) is 6.92 Å². The van der Waals surface area contributed by atoms with Crippen molar-refractivity contribution in [2.24, 2.45) is 0 Å². The Balaban J connectivity index is 2.22. The Labute approximate surface area is 130 Å². The zero-order valence-corrected chi connectivity index (χ0v) is 14.1. The van der Waals surface area contributed by atoms with Gasteiger partial charge in [-0.15, -0.1) is 11.3 Å². The molecule has 21 heavy (non-hydrogen) atoms. The maximum absolute atomic E-state index is 12.0. The van der Waals surface area contributed by atoms with E-state index in [-0.39, 0.29) is 5.78 Å². The van der Waals surface area contributed by atoms with Crippen LogP contribution in [-0.2, 0) is 0 Å². The number of nitrogen functional groups attached to an aromatic ring is 1. The minimum atomic E-state index is 0.0882. The first-order chi connectivity index (χ1) is 9.99. The fourth-order valence-electron chi connectivity index (χ4n) is 2.77. The van der Waals surface area contributed by atoms with E-state index in [1.165, 1.54) is 11.3 Å². The van der Waals surface area contributed by atoms with Crippen LogP contribution >= 0.6 is 11.3 Å². The standard InChI is InChI=1S/C15H25N3O2S/c1-5-11(19)14-12(16)13(20-4)15(21-14)18-8-6-10(7-9-18)17(2)3/h10H,5-9,16H2,1-4H3. The summed E-state index contributed by atoms with van der Waals surface area (Å²) < 4.78 is 5.46. The molecule has 0 saturated carbocycles. The molecule has 1 aromatic heterocycles. The minimum absolute atomic E-state index is 0.0882. The molecule has 0 unspecified atom stereocenters. The van der Waals surface area contributed by atoms with Crippen molar-refractivity contribution in [3.05, 3.63) is 4.88 Å². The van der Waals surface area contributed by atoms with Crippen molar-refractivity contribution in [2.45, 2.75) is 32.2 Å². The van der Waals surface area contributed by atoms with Gasteiger partial charge in [0.1, 0.15) is 5.00 Å². The summed E-state index contributed by atoms with van der Waals surface area (Å²) >= 11 is 1.47. The Kier molecular flexibility index (Phi) is 5.11. The fourth-order valence-corrected chi connectivity index (χ4v) is 4.03. The van der Waals surface area contributed by atoms with Crippen molar-refractivity contribution >= 4 is 27.8 Å². The number of hydrogen-bond donors (Lipinski definition) is 1. The van der Waals surface area contributed by atoms with Gasteiger partial charge in [-0.2, -0.15) is 0 Å². The van der Waals surface area contributed by atoms with Crippen LogP contribution in [0.15, 0.2) is 0 Å². The fraction of sp³-hybridized carbons (Fsp3) is 0.667. The zero-order valence-electron chi connectivity index (χ0n) is 13.3. The van der Waals surface area contributed by atoms with E-state index in [0.29, 0.717) is 28.8 Å². The Morgan fingerprint density at radius 3 is 2.52 bits per heavy atom. The Hall–Kier alpha value is -1.27. The van der Waals surface area contributed by atoms with E-state index in [0.717, 1.165) is 30.9 Å². The molecule has 2 heterocycles. The molecule has 0 radical (unpaired) electrons. The maximum Gasteiger partial charge on any atom is 0.177 e. The van der Waals surface area contributed by atoms with Crippen LogP contribution in [-0.4, -0.2) is 51.0 Å². The topological polar surface area (TPSA) is 58.8 Å². The second-order valence-electron chi connectivity index (χ2n) is 5.64. The highest BCUT2D eigenvalue weighted by molar-refractivity contribution is 7.19. The van der Waals surface area contributed by atoms with Crippen LogP contribution in [0.4, 0.5) is 10.7 Å². The van der Waals surface area contributed by atoms with Crippen molar-refractivity contribution in [3.63, 3.8) is 0 Å². The second kappa shape index (κ2) is 6.66. The minimum Gasteiger partial charge on any atom is -0.492 e. The molecule has 118 valence electrons. The van der Waals surface area contributed by atoms with Gasteiger partial charge in [0.15, 0.2) is 11.5 Å². The van der Waals surface area contributed by atoms with Gasteiger partial charge in [0.25, 0.3) is 0 Å². The number of ketones is 1. The molecule has 0 aromatic carbocycles. The molecule has 0 aliphatic carbocycles. The average molecular weight is 311 g/mol. The molecule has 6 heteroatoms. The van der Waals surface area contributed by atoms with E-state index in [9.17, 15) is 4.79 Å². The van der Waals surface area contributed by atoms with E-state index < -0.39 is 0 Å². The first-order valence-corrected chi connectivity index (χ1v) is 8.22. The van der Waals surface area contributed by atoms with Gasteiger partial charge >= 0.3 is 0 Å². The van der Waals surface area contributed by atoms with Crippen LogP contribution in [0.5, 0.6) is 5.75 Å². The maximum atomic E-state index is 12.0. The zero-order chi connectivity index (χ0) is 15.6. The van der Waals surface area contributed by atoms with E-state index in [1.54, 1.807) is 7.11 Å². The predicted molar refractivity (Wildman–Crippen MR) is 88.8 cm³/mol. The van der Waals surface area contributed by atoms with Gasteiger partial charge in [0, 0.05) is 25.6 Å². The highest BCUT2D eigenvalue weighted by Crippen LogP contribution is 2.45. The van der Waals surface area contributed by atoms with Gasteiger partial charge in [0.2, 0.25) is 0 Å². The average Bonchev–Trinajstić information content (AvgIpc) is 2.83. The molecule has 1 aliphatic heterocycles. The first kappa shape index (κ1) is 16.1. The predicted octanol–water partition coefficient (Wildman–Crippen LogP) is 2.46. The van der Waals surface area contributed by atoms with E-state index in [2.05, 4.69) is 23.9 Å². The third kappa shape index (κ3) is 3.16. The molecular formula is C15H25N3O2S. The van der Waals surface area contributed by atoms with Gasteiger partial charge in [0.05, 0.1) is 17.7 Å². The normalized spacial score (nSPS) is 16.5. The van der Waals surface area contributed by atoms with Crippen LogP contribution in [0.1, 0.15) is 35.9 Å². The SMILES string of the molecule is CCC(=O)c1sc(N2CCC(N(C)C)CC2)c(OC)c1N. The molecule has 2 rings (SSSR count). The molecule has 0 bridgehead atoms. The number of piperidine rings is 1. The lowest BCUT2D eigenvalue weighted by molar-refractivity contribution is 0.0992. The number of hydrogen-bond acceptors (Lipinski definition) is 6. The number of ether oxygens (including phenoxy) is 1. The molecular weight excluding hydrogens is 286 g/mol. The number of carbonyl (C=O) groups is 1. The first-order valence-electron chi connectivity index (χ1n) is 7.40. The Morgan fingerprint density at radius 2 is 2.05 bits per heavy atom. The number of Topliss-reactive ketones (excluding diaryl/α,β-unsaturated/α-hetero) is 1. The summed E-state index contributed by atoms with van der Waals surface area (Å²) in [6.07, 6.45) is 2.70. The number of rotatable bonds is 5. The van der Waals surface area contributed by atoms with Crippen LogP contribution in [0.25, 0.3) is 0 Å². The van der Waals surface area contributed by atoms with E-state index in [4.69, 9.17) is 10.5 Å². The lowest BCUT2D eigenvalue weighted by Crippen LogP contribution is -2.41. The van der Waals surface area contributed by atoms with Gasteiger partial charge in [-0.05, 0) is 26.9 Å². The summed E-state index contributed by atoms with van der Waals surface area (Å²) in [7, 11) is 5.87. The van der Waals surface area contributed by atoms with E-state index >= 15 is 0 Å². The van der Waals surface area contributed by atoms with Crippen molar-refractivity contribution in [2.75, 3.05) is 44.9 Å². The molecule has 1 aromatic rings. The van der Waals surface area contributed by atoms with Crippen LogP contribution in [0, 0.1) is 0 Å². The van der Waals surface area contributed by atoms with Crippen LogP contribution in [0.3, 0.4) is 0 Å². The summed E-state index contributed by atoms with van der Waals surface area (Å²) in [6.45, 7) is 3.80. The largest absolute Gasteiger partial charge is 0.492 e. The van der Waals surface area contributed by atoms with Crippen LogP contribution in [0.2, 0.25) is 0 Å². The highest BCUT2D eigenvalue weighted by atomic mass is 32.1. The Morgan fingerprint density at radius 1 is 1.43 bits per heavy atom. The number of carbonyl (C=O) groups excluding carboxylic acids is 1. The van der Waals surface area contributed by atoms with Crippen molar-refractivity contribution in [3.8, 4) is 5.75 Å². The molecule has 0 spiro atoms. The Bertz CT molecular complexity index is 505. The third-order valence-electron chi connectivity index (χ3n) is 4.14. The molecule has 5 nitrogen and oxygen atoms in total. The van der Waals surface area contributed by atoms with Gasteiger partial charge in [-0.3, -0.25) is 4.79 Å². The lowest BCUT2D eigenvalue weighted by atomic mass is 10.0. The summed E-state index contributed by atoms with van der Waals surface area (Å²) in [5, 5.41) is 1.00. The van der Waals surface area contributed by atoms with Gasteiger partial charge in [-0.1, -0.05) is 6.92 Å². The molecule has 1 fully saturated rings. The number of nitrogens with zero attached hydrogens (tertiary/aromatic N) is 2. The van der Waals surface area contributed by atoms with Gasteiger partial charge in [-0.25, -0.2) is 0 Å². The number of anilines is 2. The number of nitrogens with two attached hydrogens (primary N) is 1. The molecule has 0 amide bonds. The summed E-state index contributed by atoms with van der Waals surface area (Å²) in [4.78, 5) is 17.2. The number of thiophene rings is 1. The number of methoxy groups -OCH3 is 1. The molecule has 1 saturated heterocycles. The second-order valence-corrected chi connectivity index (χ2v) is 6.64. The molecule has 1 aliphatic rings. The van der Waals surface area contributed by atoms with Crippen molar-refractivity contribution in [1.29, 1.82) is 0 Å². The van der Waals surface area contributed by atoms with Crippen molar-refractivity contribution in [1.82, 2.24) is 4.90 Å². The smallest absolute Gasteiger partial charge is 0.177 e. The monoisotopic (exact) mass is 311 g/mol. The van der Waals surface area contributed by atoms with Crippen molar-refractivity contribution < 1.29 is 9.53 Å². The summed E-state index contributed by atoms with van der Waals surface area (Å²) in [5.74, 6) is 0.755. The third-order valence-corrected chi connectivity index (χ3v) is 5.43. The quantitative estimate of drug-likeness (QED) is 0.847. The molecule has 0 atom stereocenters. The highest BCUT2D eigenvalue weighted by Gasteiger charge is 2.28. The van der Waals surface area contributed by atoms with Gasteiger partial charge < -0.3 is 20.3 Å². The molecule has 2 N–H and O–H groups in total. The van der Waals surface area contributed by atoms with Crippen LogP contribution < -0.4 is 15.4 Å². The lowest BCUT2D eigenvalue weighted by Gasteiger charge is -2.35. The summed E-state index contributed by atoms with van der Waals surface area (Å²) in [5.41, 5.74) is 6.60.